The molecule has 0 aromatic heterocycles. The van der Waals surface area contributed by atoms with Crippen LogP contribution in [0.3, 0.4) is 0 Å². The van der Waals surface area contributed by atoms with E-state index >= 15 is 0 Å². The van der Waals surface area contributed by atoms with Crippen molar-refractivity contribution >= 4 is 21.6 Å². The topological polar surface area (TPSA) is 75.3 Å². The molecule has 5 nitrogen and oxygen atoms in total. The molecule has 0 saturated carbocycles. The van der Waals surface area contributed by atoms with Gasteiger partial charge in [0.2, 0.25) is 0 Å². The fourth-order valence-electron chi connectivity index (χ4n) is 1.87. The molecule has 0 atom stereocenters. The number of rotatable bonds is 5. The summed E-state index contributed by atoms with van der Waals surface area (Å²) >= 11 is 0. The Labute approximate surface area is 135 Å². The summed E-state index contributed by atoms with van der Waals surface area (Å²) in [7, 11) is -3.77. The van der Waals surface area contributed by atoms with E-state index in [1.807, 2.05) is 19.1 Å². The summed E-state index contributed by atoms with van der Waals surface area (Å²) in [6.07, 6.45) is 5.08. The molecule has 118 valence electrons. The van der Waals surface area contributed by atoms with E-state index < -0.39 is 15.9 Å². The summed E-state index contributed by atoms with van der Waals surface area (Å²) in [5.74, 6) is 1.87. The standard InChI is InChI=1S/C17H16N2O3S/c1-3-11-18-17(20)14-5-4-6-16(12-14)23(21,22)19-15-9-7-13(2)8-10-15/h1,4-10,12,19H,11H2,2H3,(H,18,20). The summed E-state index contributed by atoms with van der Waals surface area (Å²) in [5.41, 5.74) is 1.71. The van der Waals surface area contributed by atoms with E-state index in [2.05, 4.69) is 16.0 Å². The summed E-state index contributed by atoms with van der Waals surface area (Å²) in [5, 5.41) is 2.49. The highest BCUT2D eigenvalue weighted by Gasteiger charge is 2.16. The summed E-state index contributed by atoms with van der Waals surface area (Å²) in [4.78, 5) is 11.9. The lowest BCUT2D eigenvalue weighted by molar-refractivity contribution is 0.0958. The molecule has 1 amide bonds. The average Bonchev–Trinajstić information content (AvgIpc) is 2.54. The molecule has 0 saturated heterocycles. The van der Waals surface area contributed by atoms with Crippen molar-refractivity contribution in [2.24, 2.45) is 0 Å². The number of nitrogens with one attached hydrogen (secondary N) is 2. The summed E-state index contributed by atoms with van der Waals surface area (Å²) in [6, 6.07) is 12.7. The van der Waals surface area contributed by atoms with Crippen molar-refractivity contribution < 1.29 is 13.2 Å². The summed E-state index contributed by atoms with van der Waals surface area (Å²) < 4.78 is 27.3. The quantitative estimate of drug-likeness (QED) is 0.826. The molecule has 0 aliphatic heterocycles. The van der Waals surface area contributed by atoms with Gasteiger partial charge in [0.05, 0.1) is 11.4 Å². The number of sulfonamides is 1. The Bertz CT molecular complexity index is 850. The van der Waals surface area contributed by atoms with Crippen molar-refractivity contribution in [1.29, 1.82) is 0 Å². The predicted octanol–water partition coefficient (Wildman–Crippen LogP) is 2.16. The van der Waals surface area contributed by atoms with Gasteiger partial charge in [-0.05, 0) is 37.3 Å². The zero-order chi connectivity index (χ0) is 16.9. The van der Waals surface area contributed by atoms with E-state index in [9.17, 15) is 13.2 Å². The Morgan fingerprint density at radius 2 is 1.87 bits per heavy atom. The number of hydrogen-bond acceptors (Lipinski definition) is 3. The van der Waals surface area contributed by atoms with Crippen LogP contribution in [0.4, 0.5) is 5.69 Å². The van der Waals surface area contributed by atoms with Crippen molar-refractivity contribution in [3.63, 3.8) is 0 Å². The lowest BCUT2D eigenvalue weighted by Crippen LogP contribution is -2.24. The van der Waals surface area contributed by atoms with Crippen molar-refractivity contribution in [2.75, 3.05) is 11.3 Å². The van der Waals surface area contributed by atoms with Gasteiger partial charge in [0, 0.05) is 11.3 Å². The van der Waals surface area contributed by atoms with Gasteiger partial charge in [0.15, 0.2) is 0 Å². The SMILES string of the molecule is C#CCNC(=O)c1cccc(S(=O)(=O)Nc2ccc(C)cc2)c1. The van der Waals surface area contributed by atoms with Crippen molar-refractivity contribution in [3.8, 4) is 12.3 Å². The van der Waals surface area contributed by atoms with Crippen LogP contribution >= 0.6 is 0 Å². The molecule has 0 heterocycles. The fourth-order valence-corrected chi connectivity index (χ4v) is 2.98. The maximum atomic E-state index is 12.4. The molecule has 0 bridgehead atoms. The largest absolute Gasteiger partial charge is 0.341 e. The third-order valence-corrected chi connectivity index (χ3v) is 4.44. The number of aryl methyl sites for hydroxylation is 1. The van der Waals surface area contributed by atoms with E-state index in [1.165, 1.54) is 24.3 Å². The van der Waals surface area contributed by atoms with Gasteiger partial charge >= 0.3 is 0 Å². The second-order valence-corrected chi connectivity index (χ2v) is 6.57. The highest BCUT2D eigenvalue weighted by molar-refractivity contribution is 7.92. The minimum absolute atomic E-state index is 0.00596. The Morgan fingerprint density at radius 3 is 2.52 bits per heavy atom. The Morgan fingerprint density at radius 1 is 1.17 bits per heavy atom. The first-order valence-corrected chi connectivity index (χ1v) is 8.32. The fraction of sp³-hybridized carbons (Fsp3) is 0.118. The third kappa shape index (κ3) is 4.34. The molecule has 2 aromatic rings. The molecule has 0 aliphatic carbocycles. The van der Waals surface area contributed by atoms with E-state index in [1.54, 1.807) is 12.1 Å². The Balaban J connectivity index is 2.24. The van der Waals surface area contributed by atoms with Crippen LogP contribution in [0.1, 0.15) is 15.9 Å². The van der Waals surface area contributed by atoms with Crippen LogP contribution < -0.4 is 10.0 Å². The molecule has 0 spiro atoms. The molecule has 0 unspecified atom stereocenters. The van der Waals surface area contributed by atoms with E-state index in [0.717, 1.165) is 5.56 Å². The molecule has 2 N–H and O–H groups in total. The van der Waals surface area contributed by atoms with Gasteiger partial charge in [0.25, 0.3) is 15.9 Å². The number of terminal acetylenes is 1. The van der Waals surface area contributed by atoms with Gasteiger partial charge in [-0.3, -0.25) is 9.52 Å². The van der Waals surface area contributed by atoms with Crippen LogP contribution in [0, 0.1) is 19.3 Å². The second-order valence-electron chi connectivity index (χ2n) is 4.89. The number of carbonyl (C=O) groups excluding carboxylic acids is 1. The molecule has 2 rings (SSSR count). The van der Waals surface area contributed by atoms with Gasteiger partial charge in [0.1, 0.15) is 0 Å². The molecular formula is C17H16N2O3S. The summed E-state index contributed by atoms with van der Waals surface area (Å²) in [6.45, 7) is 1.99. The van der Waals surface area contributed by atoms with Crippen LogP contribution in [-0.2, 0) is 10.0 Å². The van der Waals surface area contributed by atoms with E-state index in [0.29, 0.717) is 5.69 Å². The molecule has 0 aliphatic rings. The molecule has 0 fully saturated rings. The van der Waals surface area contributed by atoms with Crippen LogP contribution in [-0.4, -0.2) is 20.9 Å². The van der Waals surface area contributed by atoms with Crippen molar-refractivity contribution in [1.82, 2.24) is 5.32 Å². The Hall–Kier alpha value is -2.78. The number of benzene rings is 2. The smallest absolute Gasteiger partial charge is 0.261 e. The lowest BCUT2D eigenvalue weighted by atomic mass is 10.2. The minimum Gasteiger partial charge on any atom is -0.341 e. The van der Waals surface area contributed by atoms with Crippen LogP contribution in [0.2, 0.25) is 0 Å². The van der Waals surface area contributed by atoms with Crippen LogP contribution in [0.15, 0.2) is 53.4 Å². The number of hydrogen-bond donors (Lipinski definition) is 2. The van der Waals surface area contributed by atoms with E-state index in [4.69, 9.17) is 6.42 Å². The first-order chi connectivity index (χ1) is 10.9. The zero-order valence-corrected chi connectivity index (χ0v) is 13.4. The van der Waals surface area contributed by atoms with Crippen LogP contribution in [0.25, 0.3) is 0 Å². The van der Waals surface area contributed by atoms with Gasteiger partial charge in [-0.25, -0.2) is 8.42 Å². The number of amides is 1. The molecule has 2 aromatic carbocycles. The van der Waals surface area contributed by atoms with E-state index in [-0.39, 0.29) is 17.0 Å². The van der Waals surface area contributed by atoms with Gasteiger partial charge in [-0.1, -0.05) is 29.7 Å². The molecular weight excluding hydrogens is 312 g/mol. The molecule has 6 heteroatoms. The number of carbonyl (C=O) groups is 1. The molecule has 0 radical (unpaired) electrons. The first kappa shape index (κ1) is 16.6. The monoisotopic (exact) mass is 328 g/mol. The minimum atomic E-state index is -3.77. The van der Waals surface area contributed by atoms with Crippen molar-refractivity contribution in [3.05, 3.63) is 59.7 Å². The van der Waals surface area contributed by atoms with Crippen LogP contribution in [0.5, 0.6) is 0 Å². The van der Waals surface area contributed by atoms with Crippen molar-refractivity contribution in [2.45, 2.75) is 11.8 Å². The Kier molecular flexibility index (Phi) is 5.04. The zero-order valence-electron chi connectivity index (χ0n) is 12.5. The average molecular weight is 328 g/mol. The van der Waals surface area contributed by atoms with Gasteiger partial charge in [-0.15, -0.1) is 6.42 Å². The molecule has 23 heavy (non-hydrogen) atoms. The van der Waals surface area contributed by atoms with Gasteiger partial charge in [-0.2, -0.15) is 0 Å². The normalized spacial score (nSPS) is 10.6. The third-order valence-electron chi connectivity index (χ3n) is 3.06. The maximum absolute atomic E-state index is 12.4. The lowest BCUT2D eigenvalue weighted by Gasteiger charge is -2.09. The number of anilines is 1. The first-order valence-electron chi connectivity index (χ1n) is 6.83. The highest BCUT2D eigenvalue weighted by Crippen LogP contribution is 2.17. The second kappa shape index (κ2) is 6.99. The highest BCUT2D eigenvalue weighted by atomic mass is 32.2. The van der Waals surface area contributed by atoms with Gasteiger partial charge < -0.3 is 5.32 Å². The maximum Gasteiger partial charge on any atom is 0.261 e. The predicted molar refractivity (Wildman–Crippen MR) is 89.6 cm³/mol.